The highest BCUT2D eigenvalue weighted by molar-refractivity contribution is 5.91. The largest absolute Gasteiger partial charge is 0.311 e. The molecule has 60 heavy (non-hydrogen) atoms. The predicted octanol–water partition coefficient (Wildman–Crippen LogP) is 17.1. The molecule has 0 aromatic heterocycles. The average Bonchev–Trinajstić information content (AvgIpc) is 3.20. The first-order valence-electron chi connectivity index (χ1n) is 21.6. The van der Waals surface area contributed by atoms with E-state index in [-0.39, 0.29) is 21.7 Å². The van der Waals surface area contributed by atoms with Crippen molar-refractivity contribution in [3.63, 3.8) is 0 Å². The summed E-state index contributed by atoms with van der Waals surface area (Å²) in [4.78, 5) is 4.73. The van der Waals surface area contributed by atoms with Gasteiger partial charge in [0.15, 0.2) is 0 Å². The minimum atomic E-state index is 0.0935. The summed E-state index contributed by atoms with van der Waals surface area (Å²) in [7, 11) is 0. The highest BCUT2D eigenvalue weighted by Crippen LogP contribution is 2.40. The van der Waals surface area contributed by atoms with Crippen molar-refractivity contribution in [2.45, 2.75) is 105 Å². The summed E-state index contributed by atoms with van der Waals surface area (Å²) in [5, 5.41) is 2.43. The highest BCUT2D eigenvalue weighted by atomic mass is 15.1. The summed E-state index contributed by atoms with van der Waals surface area (Å²) in [5.74, 6) is 0. The van der Waals surface area contributed by atoms with Crippen molar-refractivity contribution in [1.82, 2.24) is 0 Å². The normalized spacial score (nSPS) is 12.6. The molecule has 0 unspecified atom stereocenters. The van der Waals surface area contributed by atoms with E-state index >= 15 is 0 Å². The lowest BCUT2D eigenvalue weighted by Crippen LogP contribution is -2.14. The van der Waals surface area contributed by atoms with Gasteiger partial charge in [-0.25, -0.2) is 0 Å². The quantitative estimate of drug-likeness (QED) is 0.142. The van der Waals surface area contributed by atoms with Crippen LogP contribution in [0.2, 0.25) is 0 Å². The fraction of sp³-hybridized carbons (Fsp3) is 0.276. The van der Waals surface area contributed by atoms with E-state index < -0.39 is 0 Å². The smallest absolute Gasteiger partial charge is 0.0468 e. The van der Waals surface area contributed by atoms with Crippen LogP contribution in [0.1, 0.15) is 116 Å². The molecule has 0 amide bonds. The van der Waals surface area contributed by atoms with Crippen LogP contribution in [0.4, 0.5) is 34.1 Å². The summed E-state index contributed by atoms with van der Waals surface area (Å²) in [5.41, 5.74) is 14.9. The Labute approximate surface area is 361 Å². The molecular formula is C58H64N2. The monoisotopic (exact) mass is 789 g/mol. The molecule has 2 nitrogen and oxygen atoms in total. The molecule has 0 radical (unpaired) electrons. The third kappa shape index (κ3) is 9.61. The fourth-order valence-electron chi connectivity index (χ4n) is 7.76. The van der Waals surface area contributed by atoms with E-state index in [2.05, 4.69) is 263 Å². The Hall–Kier alpha value is -5.86. The molecule has 0 N–H and O–H groups in total. The average molecular weight is 789 g/mol. The van der Waals surface area contributed by atoms with Crippen LogP contribution in [0, 0.1) is 0 Å². The molecule has 0 fully saturated rings. The number of hydrogen-bond donors (Lipinski definition) is 0. The summed E-state index contributed by atoms with van der Waals surface area (Å²) in [6.07, 6.45) is 4.43. The predicted molar refractivity (Wildman–Crippen MR) is 263 cm³/mol. The maximum Gasteiger partial charge on any atom is 0.0468 e. The summed E-state index contributed by atoms with van der Waals surface area (Å²) < 4.78 is 0. The Morgan fingerprint density at radius 3 is 0.867 bits per heavy atom. The van der Waals surface area contributed by atoms with Crippen LogP contribution in [0.15, 0.2) is 158 Å². The van der Waals surface area contributed by atoms with Gasteiger partial charge in [-0.3, -0.25) is 0 Å². The Kier molecular flexibility index (Phi) is 11.5. The molecule has 7 aromatic carbocycles. The van der Waals surface area contributed by atoms with Crippen molar-refractivity contribution in [3.05, 3.63) is 191 Å². The number of rotatable bonds is 8. The maximum atomic E-state index is 2.37. The van der Waals surface area contributed by atoms with Gasteiger partial charge in [0, 0.05) is 34.1 Å². The second-order valence-corrected chi connectivity index (χ2v) is 20.6. The first kappa shape index (κ1) is 42.3. The Morgan fingerprint density at radius 2 is 0.517 bits per heavy atom. The fourth-order valence-corrected chi connectivity index (χ4v) is 7.76. The van der Waals surface area contributed by atoms with Crippen LogP contribution in [-0.2, 0) is 21.7 Å². The van der Waals surface area contributed by atoms with Gasteiger partial charge in [-0.1, -0.05) is 174 Å². The molecule has 0 spiro atoms. The first-order valence-corrected chi connectivity index (χ1v) is 21.6. The van der Waals surface area contributed by atoms with Gasteiger partial charge in [0.2, 0.25) is 0 Å². The molecule has 7 aromatic rings. The number of hydrogen-bond acceptors (Lipinski definition) is 2. The third-order valence-corrected chi connectivity index (χ3v) is 11.7. The highest BCUT2D eigenvalue weighted by Gasteiger charge is 2.21. The van der Waals surface area contributed by atoms with E-state index in [4.69, 9.17) is 0 Å². The van der Waals surface area contributed by atoms with E-state index in [0.717, 1.165) is 39.7 Å². The second kappa shape index (κ2) is 16.3. The van der Waals surface area contributed by atoms with Gasteiger partial charge in [0.1, 0.15) is 0 Å². The van der Waals surface area contributed by atoms with Crippen molar-refractivity contribution >= 4 is 57.0 Å². The van der Waals surface area contributed by atoms with Gasteiger partial charge in [0.05, 0.1) is 0 Å². The molecule has 0 aliphatic heterocycles. The van der Waals surface area contributed by atoms with Crippen LogP contribution in [0.5, 0.6) is 0 Å². The molecule has 0 saturated carbocycles. The first-order chi connectivity index (χ1) is 28.2. The lowest BCUT2D eigenvalue weighted by atomic mass is 9.86. The maximum absolute atomic E-state index is 2.37. The summed E-state index contributed by atoms with van der Waals surface area (Å²) in [6.45, 7) is 27.2. The minimum Gasteiger partial charge on any atom is -0.311 e. The number of nitrogens with zero attached hydrogens (tertiary/aromatic N) is 2. The van der Waals surface area contributed by atoms with Gasteiger partial charge in [-0.05, 0) is 145 Å². The van der Waals surface area contributed by atoms with Gasteiger partial charge >= 0.3 is 0 Å². The van der Waals surface area contributed by atoms with Gasteiger partial charge in [-0.15, -0.1) is 0 Å². The van der Waals surface area contributed by atoms with Gasteiger partial charge in [0.25, 0.3) is 0 Å². The van der Waals surface area contributed by atoms with Crippen LogP contribution < -0.4 is 9.80 Å². The zero-order valence-electron chi connectivity index (χ0n) is 38.1. The van der Waals surface area contributed by atoms with E-state index in [1.54, 1.807) is 0 Å². The molecule has 0 atom stereocenters. The van der Waals surface area contributed by atoms with Crippen molar-refractivity contribution < 1.29 is 0 Å². The van der Waals surface area contributed by atoms with Crippen LogP contribution >= 0.6 is 0 Å². The zero-order chi connectivity index (χ0) is 43.0. The summed E-state index contributed by atoms with van der Waals surface area (Å²) >= 11 is 0. The molecule has 2 heteroatoms. The van der Waals surface area contributed by atoms with Crippen LogP contribution in [0.25, 0.3) is 22.9 Å². The van der Waals surface area contributed by atoms with E-state index in [9.17, 15) is 0 Å². The molecule has 0 saturated heterocycles. The van der Waals surface area contributed by atoms with Crippen molar-refractivity contribution in [2.75, 3.05) is 9.80 Å². The molecule has 7 rings (SSSR count). The van der Waals surface area contributed by atoms with E-state index in [1.807, 2.05) is 0 Å². The Bertz CT molecular complexity index is 2450. The van der Waals surface area contributed by atoms with Gasteiger partial charge < -0.3 is 9.80 Å². The van der Waals surface area contributed by atoms with Crippen molar-refractivity contribution in [1.29, 1.82) is 0 Å². The zero-order valence-corrected chi connectivity index (χ0v) is 38.1. The lowest BCUT2D eigenvalue weighted by molar-refractivity contribution is 0.590. The van der Waals surface area contributed by atoms with Gasteiger partial charge in [-0.2, -0.15) is 0 Å². The van der Waals surface area contributed by atoms with E-state index in [1.165, 1.54) is 38.6 Å². The molecule has 0 heterocycles. The molecule has 0 aliphatic rings. The Morgan fingerprint density at radius 1 is 0.267 bits per heavy atom. The topological polar surface area (TPSA) is 6.48 Å². The van der Waals surface area contributed by atoms with Crippen molar-refractivity contribution in [2.24, 2.45) is 0 Å². The lowest BCUT2D eigenvalue weighted by Gasteiger charge is -2.28. The van der Waals surface area contributed by atoms with Crippen molar-refractivity contribution in [3.8, 4) is 0 Å². The number of anilines is 6. The Balaban J connectivity index is 1.15. The van der Waals surface area contributed by atoms with E-state index in [0.29, 0.717) is 0 Å². The van der Waals surface area contributed by atoms with Crippen LogP contribution in [0.3, 0.4) is 0 Å². The molecule has 0 bridgehead atoms. The second-order valence-electron chi connectivity index (χ2n) is 20.6. The number of benzene rings is 7. The summed E-state index contributed by atoms with van der Waals surface area (Å²) in [6, 6.07) is 58.7. The van der Waals surface area contributed by atoms with Crippen LogP contribution in [-0.4, -0.2) is 0 Å². The minimum absolute atomic E-state index is 0.0935. The standard InChI is InChI=1S/C58H64N2/c1-55(2,3)45-20-31-50(32-21-45)59(51-33-22-46(23-34-51)56(4,5)6)49-28-16-41(17-29-49)13-14-42-15-18-44-40-54(30-19-43(44)39-42)60(52-35-24-47(25-36-52)57(7,8)9)53-37-26-48(27-38-53)58(10,11)12/h13-40H,1-12H3. The third-order valence-electron chi connectivity index (χ3n) is 11.7. The molecule has 306 valence electrons. The molecular weight excluding hydrogens is 725 g/mol. The number of fused-ring (bicyclic) bond motifs is 1. The SMILES string of the molecule is CC(C)(C)c1ccc(N(c2ccc(C=Cc3ccc4cc(N(c5ccc(C(C)(C)C)cc5)c5ccc(C(C)(C)C)cc5)ccc4c3)cc2)c2ccc(C(C)(C)C)cc2)cc1. The molecule has 0 aliphatic carbocycles.